The van der Waals surface area contributed by atoms with Crippen molar-refractivity contribution >= 4 is 12.0 Å². The van der Waals surface area contributed by atoms with E-state index in [0.717, 1.165) is 32.4 Å². The first-order valence-electron chi connectivity index (χ1n) is 7.49. The second-order valence-corrected chi connectivity index (χ2v) is 5.85. The van der Waals surface area contributed by atoms with Crippen LogP contribution in [0.15, 0.2) is 0 Å². The van der Waals surface area contributed by atoms with Crippen LogP contribution in [0.25, 0.3) is 0 Å². The summed E-state index contributed by atoms with van der Waals surface area (Å²) in [5.41, 5.74) is 0. The van der Waals surface area contributed by atoms with Gasteiger partial charge in [0.1, 0.15) is 0 Å². The monoisotopic (exact) mass is 284 g/mol. The standard InChI is InChI=1S/C14H24N2O4/c17-9-5-11-2-1-6-16(10-11)14(20)15-7-3-12(4-8-15)13(18)19/h11-12,17H,1-10H2,(H,18,19). The molecular formula is C14H24N2O4. The molecule has 1 unspecified atom stereocenters. The van der Waals surface area contributed by atoms with Crippen molar-refractivity contribution in [3.8, 4) is 0 Å². The molecule has 2 amide bonds. The van der Waals surface area contributed by atoms with Crippen molar-refractivity contribution in [2.75, 3.05) is 32.8 Å². The number of aliphatic hydroxyl groups is 1. The fourth-order valence-corrected chi connectivity index (χ4v) is 3.17. The van der Waals surface area contributed by atoms with E-state index in [1.54, 1.807) is 4.90 Å². The minimum Gasteiger partial charge on any atom is -0.481 e. The first kappa shape index (κ1) is 15.1. The second-order valence-electron chi connectivity index (χ2n) is 5.85. The molecule has 0 radical (unpaired) electrons. The van der Waals surface area contributed by atoms with Crippen LogP contribution in [0.3, 0.4) is 0 Å². The van der Waals surface area contributed by atoms with Crippen LogP contribution in [0.2, 0.25) is 0 Å². The highest BCUT2D eigenvalue weighted by Gasteiger charge is 2.31. The molecule has 0 bridgehead atoms. The summed E-state index contributed by atoms with van der Waals surface area (Å²) >= 11 is 0. The SMILES string of the molecule is O=C(O)C1CCN(C(=O)N2CCCC(CCO)C2)CC1. The number of piperidine rings is 2. The molecule has 2 heterocycles. The van der Waals surface area contributed by atoms with E-state index in [9.17, 15) is 9.59 Å². The van der Waals surface area contributed by atoms with Gasteiger partial charge in [-0.3, -0.25) is 4.79 Å². The minimum atomic E-state index is -0.752. The van der Waals surface area contributed by atoms with Gasteiger partial charge in [0, 0.05) is 32.8 Å². The number of carbonyl (C=O) groups is 2. The number of rotatable bonds is 3. The third-order valence-corrected chi connectivity index (χ3v) is 4.44. The molecule has 0 aliphatic carbocycles. The van der Waals surface area contributed by atoms with Crippen molar-refractivity contribution in [1.29, 1.82) is 0 Å². The normalized spacial score (nSPS) is 24.8. The molecule has 20 heavy (non-hydrogen) atoms. The van der Waals surface area contributed by atoms with E-state index < -0.39 is 5.97 Å². The van der Waals surface area contributed by atoms with Crippen LogP contribution in [-0.2, 0) is 4.79 Å². The van der Waals surface area contributed by atoms with E-state index in [4.69, 9.17) is 10.2 Å². The number of aliphatic carboxylic acids is 1. The molecule has 114 valence electrons. The van der Waals surface area contributed by atoms with Crippen LogP contribution in [0.1, 0.15) is 32.1 Å². The Morgan fingerprint density at radius 3 is 2.35 bits per heavy atom. The first-order valence-corrected chi connectivity index (χ1v) is 7.49. The van der Waals surface area contributed by atoms with Gasteiger partial charge in [0.25, 0.3) is 0 Å². The number of hydrogen-bond donors (Lipinski definition) is 2. The second kappa shape index (κ2) is 6.92. The van der Waals surface area contributed by atoms with Crippen molar-refractivity contribution in [2.45, 2.75) is 32.1 Å². The number of carboxylic acids is 1. The Balaban J connectivity index is 1.84. The lowest BCUT2D eigenvalue weighted by molar-refractivity contribution is -0.143. The Morgan fingerprint density at radius 2 is 1.75 bits per heavy atom. The highest BCUT2D eigenvalue weighted by molar-refractivity contribution is 5.75. The number of aliphatic hydroxyl groups excluding tert-OH is 1. The lowest BCUT2D eigenvalue weighted by atomic mass is 9.95. The zero-order valence-electron chi connectivity index (χ0n) is 11.8. The summed E-state index contributed by atoms with van der Waals surface area (Å²) in [7, 11) is 0. The molecule has 2 N–H and O–H groups in total. The Labute approximate surface area is 119 Å². The van der Waals surface area contributed by atoms with Crippen molar-refractivity contribution < 1.29 is 19.8 Å². The van der Waals surface area contributed by atoms with Gasteiger partial charge in [0.15, 0.2) is 0 Å². The molecule has 2 fully saturated rings. The summed E-state index contributed by atoms with van der Waals surface area (Å²) in [5, 5.41) is 18.0. The summed E-state index contributed by atoms with van der Waals surface area (Å²) < 4.78 is 0. The molecular weight excluding hydrogens is 260 g/mol. The maximum atomic E-state index is 12.4. The van der Waals surface area contributed by atoms with E-state index in [0.29, 0.717) is 31.8 Å². The molecule has 0 saturated carbocycles. The zero-order chi connectivity index (χ0) is 14.5. The Kier molecular flexibility index (Phi) is 5.23. The van der Waals surface area contributed by atoms with Gasteiger partial charge >= 0.3 is 12.0 Å². The largest absolute Gasteiger partial charge is 0.481 e. The summed E-state index contributed by atoms with van der Waals surface area (Å²) in [4.78, 5) is 27.0. The van der Waals surface area contributed by atoms with Crippen LogP contribution in [0, 0.1) is 11.8 Å². The molecule has 0 aromatic carbocycles. The smallest absolute Gasteiger partial charge is 0.320 e. The van der Waals surface area contributed by atoms with E-state index in [-0.39, 0.29) is 18.6 Å². The molecule has 2 rings (SSSR count). The fraction of sp³-hybridized carbons (Fsp3) is 0.857. The molecule has 0 aromatic heterocycles. The van der Waals surface area contributed by atoms with Crippen molar-refractivity contribution in [3.63, 3.8) is 0 Å². The summed E-state index contributed by atoms with van der Waals surface area (Å²) in [6.07, 6.45) is 3.92. The van der Waals surface area contributed by atoms with Crippen molar-refractivity contribution in [3.05, 3.63) is 0 Å². The molecule has 6 nitrogen and oxygen atoms in total. The van der Waals surface area contributed by atoms with Gasteiger partial charge in [0.2, 0.25) is 0 Å². The number of likely N-dealkylation sites (tertiary alicyclic amines) is 2. The van der Waals surface area contributed by atoms with E-state index in [2.05, 4.69) is 0 Å². The van der Waals surface area contributed by atoms with Crippen LogP contribution in [0.4, 0.5) is 4.79 Å². The summed E-state index contributed by atoms with van der Waals surface area (Å²) in [5.74, 6) is -0.658. The Hall–Kier alpha value is -1.30. The van der Waals surface area contributed by atoms with Gasteiger partial charge < -0.3 is 20.0 Å². The number of carbonyl (C=O) groups excluding carboxylic acids is 1. The lowest BCUT2D eigenvalue weighted by Gasteiger charge is -2.38. The number of nitrogens with zero attached hydrogens (tertiary/aromatic N) is 2. The summed E-state index contributed by atoms with van der Waals surface area (Å²) in [6, 6.07) is 0.0384. The zero-order valence-corrected chi connectivity index (χ0v) is 11.8. The quantitative estimate of drug-likeness (QED) is 0.810. The van der Waals surface area contributed by atoms with E-state index in [1.807, 2.05) is 4.90 Å². The van der Waals surface area contributed by atoms with Gasteiger partial charge in [-0.25, -0.2) is 4.79 Å². The highest BCUT2D eigenvalue weighted by Crippen LogP contribution is 2.23. The van der Waals surface area contributed by atoms with Crippen molar-refractivity contribution in [2.24, 2.45) is 11.8 Å². The predicted molar refractivity (Wildman–Crippen MR) is 73.3 cm³/mol. The van der Waals surface area contributed by atoms with Gasteiger partial charge in [-0.05, 0) is 38.0 Å². The third kappa shape index (κ3) is 3.62. The molecule has 6 heteroatoms. The topological polar surface area (TPSA) is 81.1 Å². The number of amides is 2. The summed E-state index contributed by atoms with van der Waals surface area (Å²) in [6.45, 7) is 2.75. The predicted octanol–water partition coefficient (Wildman–Crippen LogP) is 0.997. The molecule has 2 aliphatic rings. The Bertz CT molecular complexity index is 351. The minimum absolute atomic E-state index is 0.0384. The van der Waals surface area contributed by atoms with Gasteiger partial charge in [0.05, 0.1) is 5.92 Å². The van der Waals surface area contributed by atoms with Gasteiger partial charge in [-0.15, -0.1) is 0 Å². The van der Waals surface area contributed by atoms with Crippen LogP contribution < -0.4 is 0 Å². The highest BCUT2D eigenvalue weighted by atomic mass is 16.4. The van der Waals surface area contributed by atoms with Gasteiger partial charge in [-0.1, -0.05) is 0 Å². The molecule has 1 atom stereocenters. The Morgan fingerprint density at radius 1 is 1.05 bits per heavy atom. The van der Waals surface area contributed by atoms with E-state index in [1.165, 1.54) is 0 Å². The molecule has 2 saturated heterocycles. The maximum absolute atomic E-state index is 12.4. The fourth-order valence-electron chi connectivity index (χ4n) is 3.17. The molecule has 0 aromatic rings. The van der Waals surface area contributed by atoms with Crippen LogP contribution in [0.5, 0.6) is 0 Å². The maximum Gasteiger partial charge on any atom is 0.320 e. The average molecular weight is 284 g/mol. The van der Waals surface area contributed by atoms with Crippen LogP contribution in [-0.4, -0.2) is 64.8 Å². The average Bonchev–Trinajstić information content (AvgIpc) is 2.47. The van der Waals surface area contributed by atoms with Crippen LogP contribution >= 0.6 is 0 Å². The third-order valence-electron chi connectivity index (χ3n) is 4.44. The van der Waals surface area contributed by atoms with E-state index >= 15 is 0 Å². The first-order chi connectivity index (χ1) is 9.61. The molecule has 2 aliphatic heterocycles. The number of urea groups is 1. The number of carboxylic acid groups (broad SMARTS) is 1. The lowest BCUT2D eigenvalue weighted by Crippen LogP contribution is -2.50. The molecule has 0 spiro atoms. The van der Waals surface area contributed by atoms with Crippen molar-refractivity contribution in [1.82, 2.24) is 9.80 Å². The van der Waals surface area contributed by atoms with Gasteiger partial charge in [-0.2, -0.15) is 0 Å². The number of hydrogen-bond acceptors (Lipinski definition) is 3.